The van der Waals surface area contributed by atoms with Crippen molar-refractivity contribution < 1.29 is 34.0 Å². The number of aromatic nitrogens is 1. The maximum atomic E-state index is 12.8. The number of nitrogens with two attached hydrogens (primary N) is 1. The van der Waals surface area contributed by atoms with Gasteiger partial charge in [0.1, 0.15) is 17.9 Å². The van der Waals surface area contributed by atoms with Gasteiger partial charge in [-0.1, -0.05) is 6.07 Å². The standard InChI is InChI=1S/C25H29N3O7/c1-14(27-24(30)16-8-9-18(33-3)20(12-16)34-11-5-10-29)13-35-19-7-4-6-17-22(19)23(26)21(25(31)32)15(2)28-17/h4,6-9,12,14,29H,5,10-11,13H2,1-3H3,(H2,26,28)(H,27,30)(H,31,32). The van der Waals surface area contributed by atoms with Crippen molar-refractivity contribution in [1.29, 1.82) is 0 Å². The predicted molar refractivity (Wildman–Crippen MR) is 130 cm³/mol. The number of anilines is 1. The van der Waals surface area contributed by atoms with Crippen LogP contribution in [0.25, 0.3) is 10.9 Å². The molecule has 0 aliphatic rings. The van der Waals surface area contributed by atoms with Crippen molar-refractivity contribution in [2.24, 2.45) is 0 Å². The number of carboxylic acid groups (broad SMARTS) is 1. The number of hydrogen-bond donors (Lipinski definition) is 4. The lowest BCUT2D eigenvalue weighted by molar-refractivity contribution is 0.0696. The van der Waals surface area contributed by atoms with E-state index in [1.54, 1.807) is 50.2 Å². The fraction of sp³-hybridized carbons (Fsp3) is 0.320. The first kappa shape index (κ1) is 25.6. The average molecular weight is 484 g/mol. The van der Waals surface area contributed by atoms with Gasteiger partial charge in [-0.15, -0.1) is 0 Å². The summed E-state index contributed by atoms with van der Waals surface area (Å²) in [5, 5.41) is 21.7. The molecule has 0 aliphatic carbocycles. The maximum absolute atomic E-state index is 12.8. The molecule has 0 bridgehead atoms. The molecule has 5 N–H and O–H groups in total. The Bertz CT molecular complexity index is 1230. The summed E-state index contributed by atoms with van der Waals surface area (Å²) >= 11 is 0. The number of aliphatic hydroxyl groups is 1. The monoisotopic (exact) mass is 483 g/mol. The smallest absolute Gasteiger partial charge is 0.339 e. The number of carbonyl (C=O) groups is 2. The zero-order valence-electron chi connectivity index (χ0n) is 19.8. The molecule has 186 valence electrons. The SMILES string of the molecule is COc1ccc(C(=O)NC(C)COc2cccc3nc(C)c(C(=O)O)c(N)c23)cc1OCCCO. The normalized spacial score (nSPS) is 11.7. The molecule has 2 aromatic carbocycles. The third-order valence-corrected chi connectivity index (χ3v) is 5.26. The van der Waals surface area contributed by atoms with Crippen molar-refractivity contribution in [3.05, 3.63) is 53.2 Å². The molecule has 1 aromatic heterocycles. The number of aromatic carboxylic acids is 1. The van der Waals surface area contributed by atoms with Crippen LogP contribution in [0.4, 0.5) is 5.69 Å². The molecule has 1 unspecified atom stereocenters. The summed E-state index contributed by atoms with van der Waals surface area (Å²) < 4.78 is 16.8. The van der Waals surface area contributed by atoms with E-state index < -0.39 is 12.0 Å². The Morgan fingerprint density at radius 3 is 2.60 bits per heavy atom. The Kier molecular flexibility index (Phi) is 8.32. The van der Waals surface area contributed by atoms with E-state index in [0.717, 1.165) is 0 Å². The number of aliphatic hydroxyl groups excluding tert-OH is 1. The van der Waals surface area contributed by atoms with Gasteiger partial charge in [0.2, 0.25) is 0 Å². The first-order valence-electron chi connectivity index (χ1n) is 11.0. The summed E-state index contributed by atoms with van der Waals surface area (Å²) in [5.74, 6) is -0.238. The quantitative estimate of drug-likeness (QED) is 0.301. The molecule has 0 saturated heterocycles. The third kappa shape index (κ3) is 5.90. The second kappa shape index (κ2) is 11.4. The first-order valence-corrected chi connectivity index (χ1v) is 11.0. The number of aryl methyl sites for hydroxylation is 1. The zero-order chi connectivity index (χ0) is 25.5. The average Bonchev–Trinajstić information content (AvgIpc) is 2.82. The minimum atomic E-state index is -1.16. The lowest BCUT2D eigenvalue weighted by atomic mass is 10.1. The van der Waals surface area contributed by atoms with Crippen molar-refractivity contribution >= 4 is 28.5 Å². The van der Waals surface area contributed by atoms with Gasteiger partial charge in [-0.3, -0.25) is 9.78 Å². The van der Waals surface area contributed by atoms with Crippen LogP contribution in [0.3, 0.4) is 0 Å². The zero-order valence-corrected chi connectivity index (χ0v) is 19.8. The predicted octanol–water partition coefficient (Wildman–Crippen LogP) is 2.79. The highest BCUT2D eigenvalue weighted by atomic mass is 16.5. The van der Waals surface area contributed by atoms with Crippen molar-refractivity contribution in [1.82, 2.24) is 10.3 Å². The highest BCUT2D eigenvalue weighted by Crippen LogP contribution is 2.33. The summed E-state index contributed by atoms with van der Waals surface area (Å²) in [5.41, 5.74) is 7.39. The molecule has 0 saturated carbocycles. The van der Waals surface area contributed by atoms with Crippen LogP contribution >= 0.6 is 0 Å². The van der Waals surface area contributed by atoms with E-state index in [1.807, 2.05) is 0 Å². The molecular formula is C25H29N3O7. The van der Waals surface area contributed by atoms with Crippen molar-refractivity contribution in [2.75, 3.05) is 32.7 Å². The summed E-state index contributed by atoms with van der Waals surface area (Å²) in [6, 6.07) is 9.58. The summed E-state index contributed by atoms with van der Waals surface area (Å²) in [6.45, 7) is 3.76. The molecular weight excluding hydrogens is 454 g/mol. The Morgan fingerprint density at radius 1 is 1.14 bits per heavy atom. The Morgan fingerprint density at radius 2 is 1.91 bits per heavy atom. The molecule has 1 atom stereocenters. The molecule has 3 rings (SSSR count). The van der Waals surface area contributed by atoms with E-state index in [0.29, 0.717) is 45.8 Å². The summed E-state index contributed by atoms with van der Waals surface area (Å²) in [6.07, 6.45) is 0.454. The molecule has 35 heavy (non-hydrogen) atoms. The van der Waals surface area contributed by atoms with Crippen LogP contribution in [-0.4, -0.2) is 60.0 Å². The number of nitrogens with one attached hydrogen (secondary N) is 1. The van der Waals surface area contributed by atoms with Crippen molar-refractivity contribution in [3.8, 4) is 17.2 Å². The number of amides is 1. The van der Waals surface area contributed by atoms with Crippen LogP contribution in [-0.2, 0) is 0 Å². The van der Waals surface area contributed by atoms with Gasteiger partial charge in [-0.05, 0) is 44.2 Å². The van der Waals surface area contributed by atoms with Crippen molar-refractivity contribution in [3.63, 3.8) is 0 Å². The van der Waals surface area contributed by atoms with E-state index >= 15 is 0 Å². The highest BCUT2D eigenvalue weighted by Gasteiger charge is 2.20. The number of rotatable bonds is 11. The van der Waals surface area contributed by atoms with Gasteiger partial charge in [0.25, 0.3) is 5.91 Å². The van der Waals surface area contributed by atoms with E-state index in [4.69, 9.17) is 25.1 Å². The number of fused-ring (bicyclic) bond motifs is 1. The molecule has 1 amide bonds. The number of hydrogen-bond acceptors (Lipinski definition) is 8. The molecule has 10 heteroatoms. The fourth-order valence-electron chi connectivity index (χ4n) is 3.57. The Balaban J connectivity index is 1.72. The van der Waals surface area contributed by atoms with Gasteiger partial charge in [0, 0.05) is 18.6 Å². The van der Waals surface area contributed by atoms with Gasteiger partial charge >= 0.3 is 5.97 Å². The number of methoxy groups -OCH3 is 1. The van der Waals surface area contributed by atoms with Gasteiger partial charge in [0.05, 0.1) is 42.0 Å². The number of ether oxygens (including phenoxy) is 3. The van der Waals surface area contributed by atoms with Crippen LogP contribution in [0.15, 0.2) is 36.4 Å². The molecule has 3 aromatic rings. The van der Waals surface area contributed by atoms with E-state index in [-0.39, 0.29) is 37.0 Å². The number of nitrogens with zero attached hydrogens (tertiary/aromatic N) is 1. The summed E-state index contributed by atoms with van der Waals surface area (Å²) in [7, 11) is 1.50. The van der Waals surface area contributed by atoms with Gasteiger partial charge < -0.3 is 35.5 Å². The topological polar surface area (TPSA) is 153 Å². The Labute approximate surface area is 202 Å². The van der Waals surface area contributed by atoms with Gasteiger partial charge in [-0.2, -0.15) is 0 Å². The minimum Gasteiger partial charge on any atom is -0.493 e. The number of carbonyl (C=O) groups excluding carboxylic acids is 1. The summed E-state index contributed by atoms with van der Waals surface area (Å²) in [4.78, 5) is 28.7. The lowest BCUT2D eigenvalue weighted by Crippen LogP contribution is -2.36. The molecule has 10 nitrogen and oxygen atoms in total. The van der Waals surface area contributed by atoms with Crippen LogP contribution < -0.4 is 25.3 Å². The van der Waals surface area contributed by atoms with E-state index in [1.165, 1.54) is 7.11 Å². The highest BCUT2D eigenvalue weighted by molar-refractivity contribution is 6.06. The lowest BCUT2D eigenvalue weighted by Gasteiger charge is -2.18. The van der Waals surface area contributed by atoms with Crippen LogP contribution in [0.5, 0.6) is 17.2 Å². The molecule has 1 heterocycles. The van der Waals surface area contributed by atoms with Gasteiger partial charge in [0.15, 0.2) is 11.5 Å². The Hall–Kier alpha value is -4.05. The second-order valence-electron chi connectivity index (χ2n) is 7.92. The first-order chi connectivity index (χ1) is 16.8. The van der Waals surface area contributed by atoms with Gasteiger partial charge in [-0.25, -0.2) is 4.79 Å². The molecule has 0 aliphatic heterocycles. The van der Waals surface area contributed by atoms with E-state index in [2.05, 4.69) is 10.3 Å². The van der Waals surface area contributed by atoms with Crippen LogP contribution in [0.2, 0.25) is 0 Å². The van der Waals surface area contributed by atoms with Crippen LogP contribution in [0.1, 0.15) is 39.8 Å². The fourth-order valence-corrected chi connectivity index (χ4v) is 3.57. The molecule has 0 spiro atoms. The number of benzene rings is 2. The third-order valence-electron chi connectivity index (χ3n) is 5.26. The second-order valence-corrected chi connectivity index (χ2v) is 7.92. The number of carboxylic acids is 1. The molecule has 0 fully saturated rings. The number of pyridine rings is 1. The largest absolute Gasteiger partial charge is 0.493 e. The van der Waals surface area contributed by atoms with Crippen LogP contribution in [0, 0.1) is 6.92 Å². The van der Waals surface area contributed by atoms with E-state index in [9.17, 15) is 14.7 Å². The maximum Gasteiger partial charge on any atom is 0.339 e. The molecule has 0 radical (unpaired) electrons. The number of nitrogen functional groups attached to an aromatic ring is 1. The minimum absolute atomic E-state index is 0.00432. The van der Waals surface area contributed by atoms with Crippen molar-refractivity contribution in [2.45, 2.75) is 26.3 Å².